The summed E-state index contributed by atoms with van der Waals surface area (Å²) in [7, 11) is 0. The fourth-order valence-corrected chi connectivity index (χ4v) is 0.478. The van der Waals surface area contributed by atoms with E-state index in [1.807, 2.05) is 0 Å². The Morgan fingerprint density at radius 1 is 0.109 bits per heavy atom. The first kappa shape index (κ1) is 44.2. The van der Waals surface area contributed by atoms with E-state index in [-0.39, 0.29) is 0 Å². The smallest absolute Gasteiger partial charge is 0 e. The largest absolute Gasteiger partial charge is 0.219 e. The second-order valence-corrected chi connectivity index (χ2v) is 3.01. The Bertz CT molecular complexity index is 436. The van der Waals surface area contributed by atoms with Gasteiger partial charge in [0.1, 0.15) is 0 Å². The highest BCUT2D eigenvalue weighted by Crippen LogP contribution is 1.96. The van der Waals surface area contributed by atoms with Crippen LogP contribution in [-0.2, 0) is 222 Å². The van der Waals surface area contributed by atoms with E-state index in [1.54, 1.807) is 0 Å². The third kappa shape index (κ3) is 42.2. The van der Waals surface area contributed by atoms with Gasteiger partial charge in [-0.2, -0.15) is 0 Å². The van der Waals surface area contributed by atoms with Gasteiger partial charge in [-0.1, -0.05) is 0 Å². The molecule has 0 heterocycles. The Hall–Kier alpha value is -1.84. The van der Waals surface area contributed by atoms with Crippen molar-refractivity contribution in [2.45, 2.75) is 0 Å². The predicted octanol–water partition coefficient (Wildman–Crippen LogP) is -2.99. The van der Waals surface area contributed by atoms with Gasteiger partial charge in [-0.25, -0.2) is 10.5 Å². The first-order valence-electron chi connectivity index (χ1n) is 7.53. The van der Waals surface area contributed by atoms with Crippen molar-refractivity contribution in [1.29, 1.82) is 0 Å². The van der Waals surface area contributed by atoms with Gasteiger partial charge in [-0.3, -0.25) is 0 Å². The zero-order chi connectivity index (χ0) is 33.1. The Kier molecular flexibility index (Phi) is 41.4. The summed E-state index contributed by atoms with van der Waals surface area (Å²) >= 11 is 0. The Balaban J connectivity index is 3.03. The Labute approximate surface area is 234 Å². The molecule has 0 aliphatic heterocycles. The number of hydrogen-bond donors (Lipinski definition) is 2. The van der Waals surface area contributed by atoms with E-state index in [4.69, 9.17) is 10.5 Å². The van der Waals surface area contributed by atoms with Gasteiger partial charge in [0, 0.05) is 141 Å². The monoisotopic (exact) mass is 738 g/mol. The molecule has 0 amide bonds. The lowest BCUT2D eigenvalue weighted by Crippen LogP contribution is -2.06. The predicted molar refractivity (Wildman–Crippen MR) is 53.0 cm³/mol. The molecule has 0 spiro atoms. The van der Waals surface area contributed by atoms with Gasteiger partial charge in [-0.15, -0.1) is 0 Å². The summed E-state index contributed by atoms with van der Waals surface area (Å²) in [6.07, 6.45) is 0. The van der Waals surface area contributed by atoms with Gasteiger partial charge in [0.05, 0.1) is 0 Å². The normalized spacial score (nSPS) is 11.6. The van der Waals surface area contributed by atoms with Gasteiger partial charge in [0.25, 0.3) is 0 Å². The molecule has 0 fully saturated rings. The Morgan fingerprint density at radius 2 is 0.174 bits per heavy atom. The minimum atomic E-state index is 2.87. The maximum atomic E-state index is 7.56. The minimum Gasteiger partial charge on any atom is -0.219 e. The highest BCUT2D eigenvalue weighted by atomic mass is 18.0. The van der Waals surface area contributed by atoms with E-state index < -0.39 is 0 Å². The van der Waals surface area contributed by atoms with E-state index in [9.17, 15) is 0 Å². The molecular formula is H2O46. The summed E-state index contributed by atoms with van der Waals surface area (Å²) in [5.41, 5.74) is 0. The van der Waals surface area contributed by atoms with Crippen molar-refractivity contribution in [1.82, 2.24) is 0 Å². The molecule has 0 aromatic rings. The van der Waals surface area contributed by atoms with Crippen molar-refractivity contribution in [3.05, 3.63) is 0 Å². The summed E-state index contributed by atoms with van der Waals surface area (Å²) in [6.45, 7) is 0. The van der Waals surface area contributed by atoms with Gasteiger partial charge in [-0.05, 0) is 80.6 Å². The van der Waals surface area contributed by atoms with Crippen molar-refractivity contribution in [3.8, 4) is 0 Å². The molecule has 0 radical (unpaired) electrons. The second kappa shape index (κ2) is 43.2. The van der Waals surface area contributed by atoms with Crippen LogP contribution in [0.15, 0.2) is 0 Å². The zero-order valence-corrected chi connectivity index (χ0v) is 18.9. The fraction of sp³-hybridized carbons (Fsp3) is 0. The Morgan fingerprint density at radius 3 is 0.239 bits per heavy atom. The number of rotatable bonds is 43. The van der Waals surface area contributed by atoms with E-state index in [0.29, 0.717) is 0 Å². The lowest BCUT2D eigenvalue weighted by molar-refractivity contribution is -0.910. The third-order valence-electron chi connectivity index (χ3n) is 1.20. The molecule has 0 aromatic carbocycles. The lowest BCUT2D eigenvalue weighted by atomic mass is 14.0. The average Bonchev–Trinajstić information content (AvgIpc) is 3.07. The van der Waals surface area contributed by atoms with Crippen LogP contribution in [0.2, 0.25) is 0 Å². The van der Waals surface area contributed by atoms with E-state index in [0.717, 1.165) is 0 Å². The molecule has 46 nitrogen and oxygen atoms in total. The molecule has 0 atom stereocenters. The SMILES string of the molecule is OOOOOOOOOOOOOOOOOOOOOOOOOOOOOOOOOOOOOOOOOOOOOO. The van der Waals surface area contributed by atoms with Crippen molar-refractivity contribution in [3.63, 3.8) is 0 Å². The zero-order valence-electron chi connectivity index (χ0n) is 18.9. The van der Waals surface area contributed by atoms with Crippen molar-refractivity contribution >= 4 is 0 Å². The first-order chi connectivity index (χ1) is 22.9. The van der Waals surface area contributed by atoms with Crippen LogP contribution >= 0.6 is 0 Å². The second-order valence-electron chi connectivity index (χ2n) is 3.01. The van der Waals surface area contributed by atoms with Gasteiger partial charge in [0.2, 0.25) is 0 Å². The molecule has 0 bridgehead atoms. The van der Waals surface area contributed by atoms with Crippen LogP contribution in [0, 0.1) is 0 Å². The van der Waals surface area contributed by atoms with E-state index >= 15 is 0 Å². The van der Waals surface area contributed by atoms with Crippen LogP contribution in [0.4, 0.5) is 0 Å². The standard InChI is InChI=1S/H2O46/c1-3-5-7-9-11-13-15-17-19-21-23-25-27-29-31-33-35-37-39-41-43-45-46-44-42-40-38-36-34-32-30-28-26-24-22-20-18-16-14-12-10-8-6-4-2/h1-2H. The third-order valence-corrected chi connectivity index (χ3v) is 1.20. The van der Waals surface area contributed by atoms with Crippen molar-refractivity contribution < 1.29 is 232 Å². The number of hydrogen-bond acceptors (Lipinski definition) is 46. The van der Waals surface area contributed by atoms with E-state index in [1.165, 1.54) is 0 Å². The molecule has 46 heteroatoms. The molecule has 46 heavy (non-hydrogen) atoms. The average molecular weight is 738 g/mol. The van der Waals surface area contributed by atoms with E-state index in [2.05, 4.69) is 222 Å². The highest BCUT2D eigenvalue weighted by Gasteiger charge is 2.03. The summed E-state index contributed by atoms with van der Waals surface area (Å²) in [5.74, 6) is 0. The van der Waals surface area contributed by atoms with Crippen molar-refractivity contribution in [2.75, 3.05) is 0 Å². The first-order valence-corrected chi connectivity index (χ1v) is 7.53. The highest BCUT2D eigenvalue weighted by molar-refractivity contribution is 3.12. The fourth-order valence-electron chi connectivity index (χ4n) is 0.478. The maximum absolute atomic E-state index is 7.56. The van der Waals surface area contributed by atoms with Crippen LogP contribution in [0.5, 0.6) is 0 Å². The molecule has 2 N–H and O–H groups in total. The maximum Gasteiger partial charge on any atom is 0 e. The lowest BCUT2D eigenvalue weighted by Gasteiger charge is -1.99. The molecule has 0 saturated heterocycles. The molecule has 0 aliphatic carbocycles. The summed E-state index contributed by atoms with van der Waals surface area (Å²) in [4.78, 5) is 0. The molecule has 0 aromatic heterocycles. The summed E-state index contributed by atoms with van der Waals surface area (Å²) in [5, 5.41) is 166. The van der Waals surface area contributed by atoms with Crippen LogP contribution in [0.1, 0.15) is 0 Å². The van der Waals surface area contributed by atoms with Gasteiger partial charge in [0.15, 0.2) is 0 Å². The van der Waals surface area contributed by atoms with Crippen LogP contribution in [0.25, 0.3) is 0 Å². The van der Waals surface area contributed by atoms with Crippen LogP contribution in [-0.4, -0.2) is 10.5 Å². The van der Waals surface area contributed by atoms with Gasteiger partial charge >= 0.3 is 0 Å². The summed E-state index contributed by atoms with van der Waals surface area (Å²) < 4.78 is 0. The molecule has 0 rings (SSSR count). The quantitative estimate of drug-likeness (QED) is 0.0358. The van der Waals surface area contributed by atoms with Crippen LogP contribution < -0.4 is 0 Å². The minimum absolute atomic E-state index is 2.87. The van der Waals surface area contributed by atoms with Crippen LogP contribution in [0.3, 0.4) is 0 Å². The molecule has 278 valence electrons. The van der Waals surface area contributed by atoms with Gasteiger partial charge < -0.3 is 0 Å². The van der Waals surface area contributed by atoms with Crippen molar-refractivity contribution in [2.24, 2.45) is 0 Å². The molecule has 0 saturated carbocycles. The summed E-state index contributed by atoms with van der Waals surface area (Å²) in [6, 6.07) is 0. The molecule has 0 aliphatic rings. The topological polar surface area (TPSA) is 447 Å². The molecular weight excluding hydrogens is 736 g/mol. The molecule has 0 unspecified atom stereocenters.